The average Bonchev–Trinajstić information content (AvgIpc) is 2.40. The van der Waals surface area contributed by atoms with Gasteiger partial charge in [0, 0.05) is 39.5 Å². The summed E-state index contributed by atoms with van der Waals surface area (Å²) in [7, 11) is 2.04. The van der Waals surface area contributed by atoms with Crippen LogP contribution in [-0.2, 0) is 14.3 Å². The Labute approximate surface area is 114 Å². The lowest BCUT2D eigenvalue weighted by atomic mass is 9.79. The van der Waals surface area contributed by atoms with E-state index < -0.39 is 11.4 Å². The van der Waals surface area contributed by atoms with Crippen LogP contribution in [0.5, 0.6) is 0 Å². The molecule has 0 spiro atoms. The lowest BCUT2D eigenvalue weighted by molar-refractivity contribution is -0.156. The second-order valence-electron chi connectivity index (χ2n) is 5.95. The summed E-state index contributed by atoms with van der Waals surface area (Å²) in [6, 6.07) is 0. The van der Waals surface area contributed by atoms with Gasteiger partial charge >= 0.3 is 5.97 Å². The highest BCUT2D eigenvalue weighted by molar-refractivity contribution is 5.75. The fourth-order valence-corrected chi connectivity index (χ4v) is 3.15. The summed E-state index contributed by atoms with van der Waals surface area (Å²) < 4.78 is 10.7. The van der Waals surface area contributed by atoms with Crippen LogP contribution in [0.25, 0.3) is 0 Å². The molecule has 0 unspecified atom stereocenters. The van der Waals surface area contributed by atoms with Gasteiger partial charge in [-0.3, -0.25) is 4.79 Å². The predicted molar refractivity (Wildman–Crippen MR) is 71.2 cm³/mol. The maximum Gasteiger partial charge on any atom is 0.311 e. The van der Waals surface area contributed by atoms with Crippen LogP contribution in [0.3, 0.4) is 0 Å². The maximum atomic E-state index is 11.6. The van der Waals surface area contributed by atoms with Crippen molar-refractivity contribution in [2.24, 2.45) is 11.3 Å². The Morgan fingerprint density at radius 2 is 1.79 bits per heavy atom. The zero-order chi connectivity index (χ0) is 13.7. The van der Waals surface area contributed by atoms with Crippen LogP contribution in [0.2, 0.25) is 0 Å². The van der Waals surface area contributed by atoms with Gasteiger partial charge in [0.1, 0.15) is 0 Å². The van der Waals surface area contributed by atoms with E-state index in [1.807, 2.05) is 7.05 Å². The SMILES string of the molecule is CN(CC1CCOCC1)CC1(C(=O)O)CCOCC1. The van der Waals surface area contributed by atoms with Crippen molar-refractivity contribution in [3.8, 4) is 0 Å². The van der Waals surface area contributed by atoms with Crippen LogP contribution in [0.1, 0.15) is 25.7 Å². The van der Waals surface area contributed by atoms with E-state index in [0.29, 0.717) is 38.5 Å². The number of carboxylic acids is 1. The Hall–Kier alpha value is -0.650. The van der Waals surface area contributed by atoms with E-state index in [4.69, 9.17) is 9.47 Å². The van der Waals surface area contributed by atoms with Crippen LogP contribution in [-0.4, -0.2) is 62.5 Å². The first-order chi connectivity index (χ1) is 9.12. The molecule has 2 saturated heterocycles. The molecule has 1 N–H and O–H groups in total. The molecule has 2 rings (SSSR count). The molecular weight excluding hydrogens is 246 g/mol. The van der Waals surface area contributed by atoms with E-state index >= 15 is 0 Å². The predicted octanol–water partition coefficient (Wildman–Crippen LogP) is 1.23. The Morgan fingerprint density at radius 1 is 1.21 bits per heavy atom. The zero-order valence-electron chi connectivity index (χ0n) is 11.8. The van der Waals surface area contributed by atoms with Gasteiger partial charge in [-0.1, -0.05) is 0 Å². The van der Waals surface area contributed by atoms with E-state index in [2.05, 4.69) is 4.90 Å². The molecule has 2 heterocycles. The topological polar surface area (TPSA) is 59.0 Å². The minimum atomic E-state index is -0.672. The molecule has 0 aromatic heterocycles. The summed E-state index contributed by atoms with van der Waals surface area (Å²) in [6.45, 7) is 4.42. The largest absolute Gasteiger partial charge is 0.481 e. The third-order valence-corrected chi connectivity index (χ3v) is 4.39. The summed E-state index contributed by atoms with van der Waals surface area (Å²) in [5.74, 6) is -0.0286. The third kappa shape index (κ3) is 3.91. The lowest BCUT2D eigenvalue weighted by Gasteiger charge is -2.37. The number of rotatable bonds is 5. The molecule has 0 atom stereocenters. The Balaban J connectivity index is 1.87. The minimum absolute atomic E-state index is 0.567. The van der Waals surface area contributed by atoms with Crippen LogP contribution in [0.4, 0.5) is 0 Å². The van der Waals surface area contributed by atoms with Gasteiger partial charge in [0.2, 0.25) is 0 Å². The first-order valence-corrected chi connectivity index (χ1v) is 7.20. The van der Waals surface area contributed by atoms with Gasteiger partial charge < -0.3 is 19.5 Å². The molecule has 2 fully saturated rings. The first kappa shape index (κ1) is 14.8. The molecule has 0 saturated carbocycles. The normalized spacial score (nSPS) is 24.5. The molecule has 19 heavy (non-hydrogen) atoms. The summed E-state index contributed by atoms with van der Waals surface area (Å²) in [6.07, 6.45) is 3.43. The quantitative estimate of drug-likeness (QED) is 0.815. The molecule has 0 amide bonds. The van der Waals surface area contributed by atoms with E-state index in [9.17, 15) is 9.90 Å². The van der Waals surface area contributed by atoms with Gasteiger partial charge in [0.05, 0.1) is 5.41 Å². The summed E-state index contributed by atoms with van der Waals surface area (Å²) in [4.78, 5) is 13.8. The zero-order valence-corrected chi connectivity index (χ0v) is 11.8. The molecule has 2 aliphatic heterocycles. The van der Waals surface area contributed by atoms with Crippen molar-refractivity contribution in [3.05, 3.63) is 0 Å². The number of hydrogen-bond acceptors (Lipinski definition) is 4. The number of carboxylic acid groups (broad SMARTS) is 1. The number of hydrogen-bond donors (Lipinski definition) is 1. The number of aliphatic carboxylic acids is 1. The van der Waals surface area contributed by atoms with Crippen LogP contribution >= 0.6 is 0 Å². The maximum absolute atomic E-state index is 11.6. The van der Waals surface area contributed by atoms with Crippen LogP contribution in [0, 0.1) is 11.3 Å². The molecule has 2 aliphatic rings. The highest BCUT2D eigenvalue weighted by Crippen LogP contribution is 2.32. The highest BCUT2D eigenvalue weighted by Gasteiger charge is 2.41. The van der Waals surface area contributed by atoms with E-state index in [-0.39, 0.29) is 0 Å². The fraction of sp³-hybridized carbons (Fsp3) is 0.929. The second kappa shape index (κ2) is 6.68. The van der Waals surface area contributed by atoms with Gasteiger partial charge in [0.25, 0.3) is 0 Å². The monoisotopic (exact) mass is 271 g/mol. The Kier molecular flexibility index (Phi) is 5.19. The van der Waals surface area contributed by atoms with Crippen LogP contribution < -0.4 is 0 Å². The van der Waals surface area contributed by atoms with Crippen molar-refractivity contribution in [2.75, 3.05) is 46.6 Å². The van der Waals surface area contributed by atoms with Crippen molar-refractivity contribution < 1.29 is 19.4 Å². The van der Waals surface area contributed by atoms with E-state index in [0.717, 1.165) is 32.6 Å². The van der Waals surface area contributed by atoms with Crippen molar-refractivity contribution in [2.45, 2.75) is 25.7 Å². The number of ether oxygens (including phenoxy) is 2. The molecule has 0 aromatic rings. The van der Waals surface area contributed by atoms with Crippen LogP contribution in [0.15, 0.2) is 0 Å². The van der Waals surface area contributed by atoms with Gasteiger partial charge in [-0.05, 0) is 38.6 Å². The van der Waals surface area contributed by atoms with Crippen molar-refractivity contribution in [1.29, 1.82) is 0 Å². The standard InChI is InChI=1S/C14H25NO4/c1-15(10-12-2-6-18-7-3-12)11-14(13(16)17)4-8-19-9-5-14/h12H,2-11H2,1H3,(H,16,17). The van der Waals surface area contributed by atoms with E-state index in [1.54, 1.807) is 0 Å². The number of carbonyl (C=O) groups is 1. The average molecular weight is 271 g/mol. The van der Waals surface area contributed by atoms with Gasteiger partial charge in [-0.2, -0.15) is 0 Å². The van der Waals surface area contributed by atoms with Gasteiger partial charge in [0.15, 0.2) is 0 Å². The van der Waals surface area contributed by atoms with Crippen molar-refractivity contribution in [3.63, 3.8) is 0 Å². The lowest BCUT2D eigenvalue weighted by Crippen LogP contribution is -2.46. The third-order valence-electron chi connectivity index (χ3n) is 4.39. The molecule has 0 radical (unpaired) electrons. The molecule has 110 valence electrons. The van der Waals surface area contributed by atoms with Gasteiger partial charge in [-0.25, -0.2) is 0 Å². The molecule has 0 bridgehead atoms. The highest BCUT2D eigenvalue weighted by atomic mass is 16.5. The number of nitrogens with zero attached hydrogens (tertiary/aromatic N) is 1. The fourth-order valence-electron chi connectivity index (χ4n) is 3.15. The van der Waals surface area contributed by atoms with Crippen molar-refractivity contribution in [1.82, 2.24) is 4.90 Å². The summed E-state index contributed by atoms with van der Waals surface area (Å²) in [5, 5.41) is 9.54. The Bertz CT molecular complexity index is 296. The van der Waals surface area contributed by atoms with E-state index in [1.165, 1.54) is 0 Å². The molecule has 0 aromatic carbocycles. The smallest absolute Gasteiger partial charge is 0.311 e. The van der Waals surface area contributed by atoms with Crippen molar-refractivity contribution >= 4 is 5.97 Å². The second-order valence-corrected chi connectivity index (χ2v) is 5.95. The first-order valence-electron chi connectivity index (χ1n) is 7.20. The molecule has 5 heteroatoms. The summed E-state index contributed by atoms with van der Waals surface area (Å²) >= 11 is 0. The molecule has 5 nitrogen and oxygen atoms in total. The Morgan fingerprint density at radius 3 is 2.37 bits per heavy atom. The molecular formula is C14H25NO4. The summed E-state index contributed by atoms with van der Waals surface area (Å²) in [5.41, 5.74) is -0.613. The molecule has 0 aliphatic carbocycles. The van der Waals surface area contributed by atoms with Gasteiger partial charge in [-0.15, -0.1) is 0 Å². The minimum Gasteiger partial charge on any atom is -0.481 e.